The Morgan fingerprint density at radius 1 is 0.975 bits per heavy atom. The number of benzene rings is 2. The molecule has 1 fully saturated rings. The number of unbranched alkanes of at least 4 members (excludes halogenated alkanes) is 1. The third-order valence-electron chi connectivity index (χ3n) is 7.94. The molecule has 2 atom stereocenters. The number of methoxy groups -OCH3 is 1. The summed E-state index contributed by atoms with van der Waals surface area (Å²) in [7, 11) is 1.67. The van der Waals surface area contributed by atoms with Gasteiger partial charge in [-0.1, -0.05) is 25.5 Å². The summed E-state index contributed by atoms with van der Waals surface area (Å²) in [4.78, 5) is 34.4. The molecule has 40 heavy (non-hydrogen) atoms. The lowest BCUT2D eigenvalue weighted by atomic mass is 9.93. The van der Waals surface area contributed by atoms with Crippen LogP contribution in [0.25, 0.3) is 0 Å². The predicted octanol–water partition coefficient (Wildman–Crippen LogP) is 5.26. The summed E-state index contributed by atoms with van der Waals surface area (Å²) < 4.78 is 11.1. The monoisotopic (exact) mass is 561 g/mol. The lowest BCUT2D eigenvalue weighted by Crippen LogP contribution is -2.57. The third-order valence-corrected chi connectivity index (χ3v) is 8.94. The van der Waals surface area contributed by atoms with Gasteiger partial charge >= 0.3 is 0 Å². The maximum Gasteiger partial charge on any atom is 0.254 e. The molecule has 8 heteroatoms. The summed E-state index contributed by atoms with van der Waals surface area (Å²) in [6, 6.07) is 17.8. The van der Waals surface area contributed by atoms with Crippen LogP contribution in [0.5, 0.6) is 11.5 Å². The van der Waals surface area contributed by atoms with Gasteiger partial charge in [-0.2, -0.15) is 0 Å². The SMILES string of the molecule is CCCCOc1ccc(C(=O)N2CCN(C(=O)CN3CCc4sccc4[C@@H]3c3ccc(OC)cc3)C[C@H]2C)cc1. The summed E-state index contributed by atoms with van der Waals surface area (Å²) >= 11 is 1.80. The largest absolute Gasteiger partial charge is 0.497 e. The Balaban J connectivity index is 1.21. The van der Waals surface area contributed by atoms with E-state index >= 15 is 0 Å². The Kier molecular flexibility index (Phi) is 9.07. The number of carbonyl (C=O) groups excluding carboxylic acids is 2. The van der Waals surface area contributed by atoms with Crippen molar-refractivity contribution in [2.24, 2.45) is 0 Å². The van der Waals surface area contributed by atoms with Gasteiger partial charge in [0.2, 0.25) is 5.91 Å². The van der Waals surface area contributed by atoms with Gasteiger partial charge in [0.1, 0.15) is 11.5 Å². The van der Waals surface area contributed by atoms with Gasteiger partial charge < -0.3 is 19.3 Å². The molecular formula is C32H39N3O4S. The maximum atomic E-state index is 13.6. The minimum Gasteiger partial charge on any atom is -0.497 e. The molecule has 0 aliphatic carbocycles. The Hall–Kier alpha value is -3.36. The van der Waals surface area contributed by atoms with Crippen molar-refractivity contribution in [3.8, 4) is 11.5 Å². The van der Waals surface area contributed by atoms with Gasteiger partial charge in [0.05, 0.1) is 26.3 Å². The number of rotatable bonds is 9. The molecule has 5 rings (SSSR count). The molecule has 7 nitrogen and oxygen atoms in total. The van der Waals surface area contributed by atoms with Crippen molar-refractivity contribution in [2.75, 3.05) is 46.4 Å². The van der Waals surface area contributed by atoms with E-state index in [1.807, 2.05) is 53.1 Å². The second-order valence-corrected chi connectivity index (χ2v) is 11.6. The van der Waals surface area contributed by atoms with E-state index in [9.17, 15) is 9.59 Å². The van der Waals surface area contributed by atoms with Gasteiger partial charge in [0.15, 0.2) is 0 Å². The van der Waals surface area contributed by atoms with Gasteiger partial charge in [0.25, 0.3) is 5.91 Å². The van der Waals surface area contributed by atoms with Crippen molar-refractivity contribution < 1.29 is 19.1 Å². The molecule has 2 aliphatic rings. The average Bonchev–Trinajstić information content (AvgIpc) is 3.46. The minimum atomic E-state index is -0.0621. The van der Waals surface area contributed by atoms with Gasteiger partial charge in [-0.25, -0.2) is 0 Å². The first-order valence-corrected chi connectivity index (χ1v) is 15.1. The topological polar surface area (TPSA) is 62.3 Å². The van der Waals surface area contributed by atoms with Crippen LogP contribution >= 0.6 is 11.3 Å². The van der Waals surface area contributed by atoms with Crippen molar-refractivity contribution in [1.82, 2.24) is 14.7 Å². The molecule has 3 heterocycles. The van der Waals surface area contributed by atoms with E-state index in [1.54, 1.807) is 18.4 Å². The predicted molar refractivity (Wildman–Crippen MR) is 158 cm³/mol. The van der Waals surface area contributed by atoms with Crippen LogP contribution in [0.1, 0.15) is 59.1 Å². The number of piperazine rings is 1. The summed E-state index contributed by atoms with van der Waals surface area (Å²) in [5.74, 6) is 1.73. The summed E-state index contributed by atoms with van der Waals surface area (Å²) in [5.41, 5.74) is 3.11. The molecule has 1 aromatic heterocycles. The van der Waals surface area contributed by atoms with Crippen LogP contribution in [0.15, 0.2) is 60.0 Å². The molecular weight excluding hydrogens is 522 g/mol. The fraction of sp³-hybridized carbons (Fsp3) is 0.438. The zero-order chi connectivity index (χ0) is 28.1. The highest BCUT2D eigenvalue weighted by Gasteiger charge is 2.34. The number of hydrogen-bond donors (Lipinski definition) is 0. The van der Waals surface area contributed by atoms with Crippen LogP contribution in [0, 0.1) is 0 Å². The minimum absolute atomic E-state index is 0.000273. The van der Waals surface area contributed by atoms with Crippen LogP contribution in [0.4, 0.5) is 0 Å². The molecule has 0 saturated carbocycles. The number of hydrogen-bond acceptors (Lipinski definition) is 6. The molecule has 0 radical (unpaired) electrons. The van der Waals surface area contributed by atoms with E-state index in [-0.39, 0.29) is 23.9 Å². The fourth-order valence-electron chi connectivity index (χ4n) is 5.67. The van der Waals surface area contributed by atoms with Crippen LogP contribution in [0.2, 0.25) is 0 Å². The quantitative estimate of drug-likeness (QED) is 0.334. The van der Waals surface area contributed by atoms with E-state index in [0.717, 1.165) is 37.3 Å². The highest BCUT2D eigenvalue weighted by Crippen LogP contribution is 2.38. The zero-order valence-electron chi connectivity index (χ0n) is 23.7. The van der Waals surface area contributed by atoms with Crippen molar-refractivity contribution in [3.63, 3.8) is 0 Å². The fourth-order valence-corrected chi connectivity index (χ4v) is 6.57. The second kappa shape index (κ2) is 12.9. The van der Waals surface area contributed by atoms with Gasteiger partial charge in [-0.3, -0.25) is 14.5 Å². The van der Waals surface area contributed by atoms with Crippen LogP contribution < -0.4 is 9.47 Å². The molecule has 0 N–H and O–H groups in total. The number of carbonyl (C=O) groups is 2. The van der Waals surface area contributed by atoms with Gasteiger partial charge in [-0.15, -0.1) is 11.3 Å². The van der Waals surface area contributed by atoms with Crippen molar-refractivity contribution in [1.29, 1.82) is 0 Å². The average molecular weight is 562 g/mol. The number of amides is 2. The molecule has 212 valence electrons. The highest BCUT2D eigenvalue weighted by molar-refractivity contribution is 7.10. The number of ether oxygens (including phenoxy) is 2. The van der Waals surface area contributed by atoms with Gasteiger partial charge in [0, 0.05) is 42.7 Å². The van der Waals surface area contributed by atoms with E-state index in [2.05, 4.69) is 35.4 Å². The molecule has 0 unspecified atom stereocenters. The Bertz CT molecular complexity index is 1290. The van der Waals surface area contributed by atoms with Crippen LogP contribution in [-0.2, 0) is 11.2 Å². The Morgan fingerprint density at radius 2 is 1.73 bits per heavy atom. The molecule has 2 aromatic carbocycles. The van der Waals surface area contributed by atoms with Crippen molar-refractivity contribution in [3.05, 3.63) is 81.5 Å². The van der Waals surface area contributed by atoms with Crippen LogP contribution in [-0.4, -0.2) is 79.0 Å². The smallest absolute Gasteiger partial charge is 0.254 e. The molecule has 2 aliphatic heterocycles. The summed E-state index contributed by atoms with van der Waals surface area (Å²) in [6.45, 7) is 7.63. The van der Waals surface area contributed by atoms with Crippen LogP contribution in [0.3, 0.4) is 0 Å². The molecule has 0 bridgehead atoms. The van der Waals surface area contributed by atoms with Crippen molar-refractivity contribution >= 4 is 23.2 Å². The Morgan fingerprint density at radius 3 is 2.42 bits per heavy atom. The van der Waals surface area contributed by atoms with Crippen molar-refractivity contribution in [2.45, 2.75) is 45.2 Å². The summed E-state index contributed by atoms with van der Waals surface area (Å²) in [5, 5.41) is 2.15. The molecule has 0 spiro atoms. The number of nitrogens with zero attached hydrogens (tertiary/aromatic N) is 3. The maximum absolute atomic E-state index is 13.6. The molecule has 2 amide bonds. The first-order chi connectivity index (χ1) is 19.5. The second-order valence-electron chi connectivity index (χ2n) is 10.6. The first-order valence-electron chi connectivity index (χ1n) is 14.2. The van der Waals surface area contributed by atoms with Gasteiger partial charge in [-0.05, 0) is 78.7 Å². The van der Waals surface area contributed by atoms with E-state index in [0.29, 0.717) is 38.3 Å². The third kappa shape index (κ3) is 6.18. The number of thiophene rings is 1. The first kappa shape index (κ1) is 28.2. The van der Waals surface area contributed by atoms with E-state index in [1.165, 1.54) is 16.0 Å². The van der Waals surface area contributed by atoms with E-state index in [4.69, 9.17) is 9.47 Å². The lowest BCUT2D eigenvalue weighted by molar-refractivity contribution is -0.135. The summed E-state index contributed by atoms with van der Waals surface area (Å²) in [6.07, 6.45) is 3.05. The zero-order valence-corrected chi connectivity index (χ0v) is 24.5. The number of fused-ring (bicyclic) bond motifs is 1. The normalized spacial score (nSPS) is 19.3. The molecule has 3 aromatic rings. The molecule has 1 saturated heterocycles. The standard InChI is InChI=1S/C32H39N3O4S/c1-4-5-19-39-27-12-8-25(9-13-27)32(37)35-18-17-33(21-23(35)2)30(36)22-34-16-14-29-28(15-20-40-29)31(34)24-6-10-26(38-3)11-7-24/h6-13,15,20,23,31H,4-5,14,16-19,21-22H2,1-3H3/t23-,31+/m1/s1. The highest BCUT2D eigenvalue weighted by atomic mass is 32.1. The van der Waals surface area contributed by atoms with E-state index < -0.39 is 0 Å². The lowest BCUT2D eigenvalue weighted by Gasteiger charge is -2.42. The Labute approximate surface area is 241 Å².